The molecule has 0 amide bonds. The minimum Gasteiger partial charge on any atom is -0.394 e. The van der Waals surface area contributed by atoms with Crippen LogP contribution in [0.5, 0.6) is 0 Å². The van der Waals surface area contributed by atoms with Crippen LogP contribution in [0, 0.1) is 0 Å². The molecule has 4 nitrogen and oxygen atoms in total. The highest BCUT2D eigenvalue weighted by molar-refractivity contribution is 6.21. The Kier molecular flexibility index (Phi) is 5.81. The number of hydrogen-bond donors (Lipinski definition) is 3. The lowest BCUT2D eigenvalue weighted by molar-refractivity contribution is 0.0450. The van der Waals surface area contributed by atoms with Crippen LogP contribution in [-0.4, -0.2) is 46.3 Å². The summed E-state index contributed by atoms with van der Waals surface area (Å²) in [7, 11) is 0. The highest BCUT2D eigenvalue weighted by Gasteiger charge is 2.30. The lowest BCUT2D eigenvalue weighted by atomic mass is 10.4. The standard InChI is InChI=1S/C3H5ClO.C3H8O3/c1-2-3(4)5-2;4-1-3(6)2-5/h2-3H,1H3;3-6H,1-2H2. The first-order chi connectivity index (χ1) is 5.11. The predicted molar refractivity (Wildman–Crippen MR) is 40.4 cm³/mol. The van der Waals surface area contributed by atoms with E-state index in [2.05, 4.69) is 4.74 Å². The van der Waals surface area contributed by atoms with Crippen molar-refractivity contribution >= 4 is 11.6 Å². The van der Waals surface area contributed by atoms with Gasteiger partial charge in [0.15, 0.2) is 5.56 Å². The monoisotopic (exact) mass is 184 g/mol. The second-order valence-electron chi connectivity index (χ2n) is 2.21. The normalized spacial score (nSPS) is 27.8. The van der Waals surface area contributed by atoms with E-state index in [0.29, 0.717) is 6.10 Å². The zero-order valence-electron chi connectivity index (χ0n) is 6.27. The fourth-order valence-electron chi connectivity index (χ4n) is 0.217. The van der Waals surface area contributed by atoms with Gasteiger partial charge in [-0.15, -0.1) is 0 Å². The number of aliphatic hydroxyl groups excluding tert-OH is 3. The Bertz CT molecular complexity index is 90.6. The van der Waals surface area contributed by atoms with Crippen LogP contribution in [0.2, 0.25) is 0 Å². The summed E-state index contributed by atoms with van der Waals surface area (Å²) in [5.74, 6) is 0. The molecule has 1 saturated heterocycles. The van der Waals surface area contributed by atoms with Crippen LogP contribution in [0.15, 0.2) is 0 Å². The topological polar surface area (TPSA) is 73.2 Å². The van der Waals surface area contributed by atoms with E-state index in [1.54, 1.807) is 0 Å². The smallest absolute Gasteiger partial charge is 0.157 e. The highest BCUT2D eigenvalue weighted by atomic mass is 35.5. The van der Waals surface area contributed by atoms with Crippen molar-refractivity contribution in [3.05, 3.63) is 0 Å². The Balaban J connectivity index is 0.000000183. The lowest BCUT2D eigenvalue weighted by Gasteiger charge is -1.96. The van der Waals surface area contributed by atoms with E-state index in [9.17, 15) is 0 Å². The molecule has 2 unspecified atom stereocenters. The van der Waals surface area contributed by atoms with E-state index < -0.39 is 6.10 Å². The second-order valence-corrected chi connectivity index (χ2v) is 2.64. The molecule has 5 heteroatoms. The molecule has 0 spiro atoms. The molecular formula is C6H13ClO4. The summed E-state index contributed by atoms with van der Waals surface area (Å²) in [4.78, 5) is 0. The van der Waals surface area contributed by atoms with Gasteiger partial charge in [0.05, 0.1) is 19.3 Å². The fraction of sp³-hybridized carbons (Fsp3) is 1.00. The Morgan fingerprint density at radius 1 is 1.45 bits per heavy atom. The molecule has 0 radical (unpaired) electrons. The Hall–Kier alpha value is 0.130. The molecule has 0 bridgehead atoms. The van der Waals surface area contributed by atoms with Crippen LogP contribution >= 0.6 is 11.6 Å². The van der Waals surface area contributed by atoms with Crippen LogP contribution in [0.25, 0.3) is 0 Å². The van der Waals surface area contributed by atoms with Crippen molar-refractivity contribution < 1.29 is 20.1 Å². The highest BCUT2D eigenvalue weighted by Crippen LogP contribution is 2.23. The van der Waals surface area contributed by atoms with Gasteiger partial charge in [-0.3, -0.25) is 0 Å². The third kappa shape index (κ3) is 6.52. The second kappa shape index (κ2) is 5.74. The largest absolute Gasteiger partial charge is 0.394 e. The average molecular weight is 185 g/mol. The van der Waals surface area contributed by atoms with Gasteiger partial charge in [0.25, 0.3) is 0 Å². The zero-order valence-corrected chi connectivity index (χ0v) is 7.03. The summed E-state index contributed by atoms with van der Waals surface area (Å²) in [6, 6.07) is 0. The summed E-state index contributed by atoms with van der Waals surface area (Å²) in [6.45, 7) is 1.21. The Morgan fingerprint density at radius 3 is 1.73 bits per heavy atom. The Morgan fingerprint density at radius 2 is 1.73 bits per heavy atom. The molecule has 0 aromatic heterocycles. The molecule has 2 atom stereocenters. The summed E-state index contributed by atoms with van der Waals surface area (Å²) in [5.41, 5.74) is 0.0231. The van der Waals surface area contributed by atoms with E-state index in [0.717, 1.165) is 0 Å². The minimum absolute atomic E-state index is 0.0231. The first-order valence-corrected chi connectivity index (χ1v) is 3.74. The predicted octanol–water partition coefficient (Wildman–Crippen LogP) is -0.698. The summed E-state index contributed by atoms with van der Waals surface area (Å²) < 4.78 is 4.68. The van der Waals surface area contributed by atoms with Crippen LogP contribution in [0.1, 0.15) is 6.92 Å². The number of halogens is 1. The van der Waals surface area contributed by atoms with Gasteiger partial charge in [-0.2, -0.15) is 0 Å². The minimum atomic E-state index is -0.954. The molecule has 1 aliphatic rings. The molecule has 68 valence electrons. The molecule has 0 aromatic carbocycles. The van der Waals surface area contributed by atoms with Gasteiger partial charge in [-0.1, -0.05) is 11.6 Å². The molecule has 0 saturated carbocycles. The molecular weight excluding hydrogens is 172 g/mol. The van der Waals surface area contributed by atoms with Gasteiger partial charge in [0.1, 0.15) is 6.10 Å². The number of epoxide rings is 1. The van der Waals surface area contributed by atoms with Gasteiger partial charge in [-0.05, 0) is 6.92 Å². The third-order valence-electron chi connectivity index (χ3n) is 1.06. The van der Waals surface area contributed by atoms with Crippen molar-refractivity contribution in [3.63, 3.8) is 0 Å². The summed E-state index contributed by atoms with van der Waals surface area (Å²) >= 11 is 5.31. The number of hydrogen-bond acceptors (Lipinski definition) is 4. The van der Waals surface area contributed by atoms with Crippen molar-refractivity contribution in [2.75, 3.05) is 13.2 Å². The summed E-state index contributed by atoms with van der Waals surface area (Å²) in [5, 5.41) is 24.0. The average Bonchev–Trinajstić information content (AvgIpc) is 2.64. The van der Waals surface area contributed by atoms with E-state index in [-0.39, 0.29) is 18.8 Å². The molecule has 11 heavy (non-hydrogen) atoms. The maximum Gasteiger partial charge on any atom is 0.157 e. The molecule has 0 aliphatic carbocycles. The lowest BCUT2D eigenvalue weighted by Crippen LogP contribution is -2.15. The number of ether oxygens (including phenoxy) is 1. The quantitative estimate of drug-likeness (QED) is 0.392. The fourth-order valence-corrected chi connectivity index (χ4v) is 0.380. The van der Waals surface area contributed by atoms with E-state index in [1.165, 1.54) is 0 Å². The van der Waals surface area contributed by atoms with Crippen molar-refractivity contribution in [1.82, 2.24) is 0 Å². The van der Waals surface area contributed by atoms with Crippen molar-refractivity contribution in [1.29, 1.82) is 0 Å². The first-order valence-electron chi connectivity index (χ1n) is 3.31. The van der Waals surface area contributed by atoms with E-state index >= 15 is 0 Å². The number of aliphatic hydroxyl groups is 3. The zero-order chi connectivity index (χ0) is 8.85. The summed E-state index contributed by atoms with van der Waals surface area (Å²) in [6.07, 6.45) is -0.637. The van der Waals surface area contributed by atoms with Crippen molar-refractivity contribution in [2.45, 2.75) is 24.7 Å². The van der Waals surface area contributed by atoms with Gasteiger partial charge >= 0.3 is 0 Å². The number of alkyl halides is 1. The van der Waals surface area contributed by atoms with Crippen LogP contribution in [0.4, 0.5) is 0 Å². The van der Waals surface area contributed by atoms with Gasteiger partial charge in [0.2, 0.25) is 0 Å². The maximum absolute atomic E-state index is 8.17. The SMILES string of the molecule is CC1OC1Cl.OCC(O)CO. The maximum atomic E-state index is 8.17. The Labute approximate surface area is 70.4 Å². The molecule has 1 aliphatic heterocycles. The van der Waals surface area contributed by atoms with E-state index in [4.69, 9.17) is 26.9 Å². The van der Waals surface area contributed by atoms with Gasteiger partial charge in [-0.25, -0.2) is 0 Å². The van der Waals surface area contributed by atoms with Gasteiger partial charge in [0, 0.05) is 0 Å². The molecule has 1 rings (SSSR count). The molecule has 3 N–H and O–H groups in total. The van der Waals surface area contributed by atoms with Gasteiger partial charge < -0.3 is 20.1 Å². The molecule has 1 heterocycles. The van der Waals surface area contributed by atoms with Crippen molar-refractivity contribution in [2.24, 2.45) is 0 Å². The first kappa shape index (κ1) is 11.1. The number of rotatable bonds is 2. The van der Waals surface area contributed by atoms with Crippen LogP contribution in [-0.2, 0) is 4.74 Å². The van der Waals surface area contributed by atoms with Crippen LogP contribution in [0.3, 0.4) is 0 Å². The third-order valence-corrected chi connectivity index (χ3v) is 1.52. The van der Waals surface area contributed by atoms with Crippen molar-refractivity contribution in [3.8, 4) is 0 Å². The van der Waals surface area contributed by atoms with Crippen LogP contribution < -0.4 is 0 Å². The molecule has 1 fully saturated rings. The molecule has 0 aromatic rings. The van der Waals surface area contributed by atoms with E-state index in [1.807, 2.05) is 6.92 Å².